The lowest BCUT2D eigenvalue weighted by Crippen LogP contribution is -2.34. The quantitative estimate of drug-likeness (QED) is 0.163. The van der Waals surface area contributed by atoms with Crippen molar-refractivity contribution in [3.63, 3.8) is 0 Å². The van der Waals surface area contributed by atoms with Crippen molar-refractivity contribution in [3.8, 4) is 33.4 Å². The van der Waals surface area contributed by atoms with Gasteiger partial charge in [0, 0.05) is 22.0 Å². The first kappa shape index (κ1) is 37.7. The molecule has 0 aliphatic heterocycles. The minimum Gasteiger partial charge on any atom is -0.455 e. The smallest absolute Gasteiger partial charge is 0.192 e. The van der Waals surface area contributed by atoms with Gasteiger partial charge in [-0.25, -0.2) is 0 Å². The molecule has 8 aromatic carbocycles. The molecule has 1 radical (unpaired) electrons. The van der Waals surface area contributed by atoms with Crippen LogP contribution in [0.15, 0.2) is 150 Å². The van der Waals surface area contributed by atoms with Crippen LogP contribution in [0.2, 0.25) is 0 Å². The summed E-state index contributed by atoms with van der Waals surface area (Å²) in [6, 6.07) is 53.9. The first-order chi connectivity index (χ1) is 29.6. The first-order valence-electron chi connectivity index (χ1n) is 22.2. The van der Waals surface area contributed by atoms with Crippen LogP contribution in [0.4, 0.5) is 11.4 Å². The Kier molecular flexibility index (Phi) is 8.73. The normalized spacial score (nSPS) is 14.9. The second-order valence-corrected chi connectivity index (χ2v) is 18.9. The highest BCUT2D eigenvalue weighted by molar-refractivity contribution is 6.70. The number of rotatable bonds is 7. The van der Waals surface area contributed by atoms with E-state index in [1.807, 2.05) is 0 Å². The van der Waals surface area contributed by atoms with Crippen LogP contribution >= 0.6 is 0 Å². The van der Waals surface area contributed by atoms with E-state index in [9.17, 15) is 0 Å². The molecule has 2 aliphatic carbocycles. The third-order valence-corrected chi connectivity index (χ3v) is 14.2. The summed E-state index contributed by atoms with van der Waals surface area (Å²) in [7, 11) is 2.48. The Balaban J connectivity index is 1.15. The number of fused-ring (bicyclic) bond motifs is 9. The molecule has 9 aromatic rings. The molecule has 0 spiro atoms. The highest BCUT2D eigenvalue weighted by atomic mass is 16.3. The van der Waals surface area contributed by atoms with E-state index in [4.69, 9.17) is 4.42 Å². The zero-order chi connectivity index (χ0) is 41.6. The third-order valence-electron chi connectivity index (χ3n) is 14.2. The Labute approximate surface area is 360 Å². The molecule has 61 heavy (non-hydrogen) atoms. The fourth-order valence-corrected chi connectivity index (χ4v) is 10.6. The minimum atomic E-state index is 0.0879. The number of anilines is 2. The summed E-state index contributed by atoms with van der Waals surface area (Å²) in [5, 5.41) is 8.98. The molecule has 11 rings (SSSR count). The van der Waals surface area contributed by atoms with Crippen molar-refractivity contribution >= 4 is 62.3 Å². The number of nitrogens with one attached hydrogen (secondary N) is 1. The van der Waals surface area contributed by atoms with Gasteiger partial charge in [0.15, 0.2) is 7.28 Å². The van der Waals surface area contributed by atoms with Crippen molar-refractivity contribution in [2.24, 2.45) is 0 Å². The van der Waals surface area contributed by atoms with Gasteiger partial charge in [0.25, 0.3) is 0 Å². The second kappa shape index (κ2) is 14.1. The van der Waals surface area contributed by atoms with Crippen LogP contribution in [0.5, 0.6) is 0 Å². The molecule has 0 saturated heterocycles. The first-order valence-corrected chi connectivity index (χ1v) is 22.2. The number of para-hydroxylation sites is 1. The zero-order valence-corrected chi connectivity index (χ0v) is 36.2. The fourth-order valence-electron chi connectivity index (χ4n) is 10.6. The lowest BCUT2D eigenvalue weighted by atomic mass is 9.58. The Morgan fingerprint density at radius 2 is 1.31 bits per heavy atom. The summed E-state index contributed by atoms with van der Waals surface area (Å²) < 4.78 is 7.03. The van der Waals surface area contributed by atoms with Gasteiger partial charge >= 0.3 is 0 Å². The molecule has 3 heteroatoms. The molecule has 1 heterocycles. The van der Waals surface area contributed by atoms with E-state index in [0.717, 1.165) is 51.7 Å². The monoisotopic (exact) mass is 788 g/mol. The van der Waals surface area contributed by atoms with E-state index in [2.05, 4.69) is 200 Å². The van der Waals surface area contributed by atoms with E-state index >= 15 is 0 Å². The lowest BCUT2D eigenvalue weighted by molar-refractivity contribution is 0.332. The average molecular weight is 789 g/mol. The number of furan rings is 1. The maximum absolute atomic E-state index is 7.03. The zero-order valence-electron chi connectivity index (χ0n) is 36.2. The van der Waals surface area contributed by atoms with E-state index < -0.39 is 0 Å². The van der Waals surface area contributed by atoms with Gasteiger partial charge in [-0.2, -0.15) is 0 Å². The van der Waals surface area contributed by atoms with Gasteiger partial charge in [0.1, 0.15) is 11.2 Å². The van der Waals surface area contributed by atoms with Crippen molar-refractivity contribution in [2.75, 3.05) is 5.32 Å². The van der Waals surface area contributed by atoms with Gasteiger partial charge in [0.2, 0.25) is 0 Å². The molecule has 2 nitrogen and oxygen atoms in total. The third kappa shape index (κ3) is 6.15. The fraction of sp³-hybridized carbons (Fsp3) is 0.207. The lowest BCUT2D eigenvalue weighted by Gasteiger charge is -2.42. The van der Waals surface area contributed by atoms with E-state index in [1.165, 1.54) is 95.7 Å². The summed E-state index contributed by atoms with van der Waals surface area (Å²) >= 11 is 0. The topological polar surface area (TPSA) is 25.2 Å². The maximum atomic E-state index is 7.03. The largest absolute Gasteiger partial charge is 0.455 e. The molecule has 2 aliphatic rings. The summed E-state index contributed by atoms with van der Waals surface area (Å²) in [4.78, 5) is 0. The van der Waals surface area contributed by atoms with Crippen LogP contribution < -0.4 is 16.2 Å². The molecule has 0 saturated carbocycles. The number of benzene rings is 8. The van der Waals surface area contributed by atoms with Gasteiger partial charge in [0.05, 0.1) is 5.69 Å². The Morgan fingerprint density at radius 3 is 2.11 bits per heavy atom. The Morgan fingerprint density at radius 1 is 0.590 bits per heavy atom. The number of hydrogen-bond donors (Lipinski definition) is 1. The molecule has 0 bridgehead atoms. The maximum Gasteiger partial charge on any atom is 0.192 e. The molecule has 0 atom stereocenters. The Hall–Kier alpha value is -6.32. The highest BCUT2D eigenvalue weighted by Crippen LogP contribution is 2.49. The van der Waals surface area contributed by atoms with Crippen molar-refractivity contribution in [3.05, 3.63) is 179 Å². The van der Waals surface area contributed by atoms with Crippen LogP contribution in [-0.4, -0.2) is 7.28 Å². The SMILES string of the molecule is CCc1cc(-c2ccccc2)cc(-c2c(Nc3cc4c(cc3C)C(C)(C)CCC4(C)C)ccc3c2oc2ccccc23)c1[B]c1cccc2c1Cc1c-2ccc2ccccc12. The molecular weight excluding hydrogens is 737 g/mol. The van der Waals surface area contributed by atoms with E-state index in [0.29, 0.717) is 0 Å². The Bertz CT molecular complexity index is 3220. The molecule has 1 N–H and O–H groups in total. The van der Waals surface area contributed by atoms with Gasteiger partial charge in [-0.15, -0.1) is 0 Å². The molecule has 0 amide bonds. The van der Waals surface area contributed by atoms with E-state index in [1.54, 1.807) is 0 Å². The molecular formula is C58H51BNO. The standard InChI is InChI=1S/C58H51BNO/c1-7-36-31-39(37-16-9-8-10-17-37)32-47(55(36)59-50-22-15-21-41-42-25-24-38-18-11-12-19-40(38)45(42)33-46(41)50)54-51(27-26-44-43-20-13-14-23-53(43)61-56(44)54)60-52-34-49-48(30-35(52)2)57(3,4)28-29-58(49,5)6/h8-27,30-32,34,60H,7,28-29,33H2,1-6H3. The summed E-state index contributed by atoms with van der Waals surface area (Å²) in [5.74, 6) is 0. The molecule has 297 valence electrons. The predicted molar refractivity (Wildman–Crippen MR) is 261 cm³/mol. The minimum absolute atomic E-state index is 0.0879. The average Bonchev–Trinajstić information content (AvgIpc) is 3.86. The summed E-state index contributed by atoms with van der Waals surface area (Å²) in [5.41, 5.74) is 22.4. The van der Waals surface area contributed by atoms with Crippen molar-refractivity contribution in [2.45, 2.75) is 78.1 Å². The van der Waals surface area contributed by atoms with Gasteiger partial charge in [-0.3, -0.25) is 0 Å². The van der Waals surface area contributed by atoms with Crippen LogP contribution in [-0.2, 0) is 23.7 Å². The number of aryl methyl sites for hydroxylation is 2. The van der Waals surface area contributed by atoms with Crippen molar-refractivity contribution < 1.29 is 4.42 Å². The second-order valence-electron chi connectivity index (χ2n) is 18.9. The van der Waals surface area contributed by atoms with Crippen LogP contribution in [0.25, 0.3) is 66.1 Å². The highest BCUT2D eigenvalue weighted by Gasteiger charge is 2.37. The van der Waals surface area contributed by atoms with Gasteiger partial charge < -0.3 is 9.73 Å². The molecule has 0 unspecified atom stereocenters. The van der Waals surface area contributed by atoms with Gasteiger partial charge in [-0.05, 0) is 140 Å². The summed E-state index contributed by atoms with van der Waals surface area (Å²) in [6.07, 6.45) is 4.15. The number of hydrogen-bond acceptors (Lipinski definition) is 2. The van der Waals surface area contributed by atoms with Crippen molar-refractivity contribution in [1.82, 2.24) is 0 Å². The van der Waals surface area contributed by atoms with Crippen molar-refractivity contribution in [1.29, 1.82) is 0 Å². The van der Waals surface area contributed by atoms with Crippen LogP contribution in [0.1, 0.15) is 80.8 Å². The van der Waals surface area contributed by atoms with Crippen LogP contribution in [0.3, 0.4) is 0 Å². The van der Waals surface area contributed by atoms with Gasteiger partial charge in [-0.1, -0.05) is 166 Å². The summed E-state index contributed by atoms with van der Waals surface area (Å²) in [6.45, 7) is 14.2. The molecule has 0 fully saturated rings. The van der Waals surface area contributed by atoms with Crippen LogP contribution in [0, 0.1) is 6.92 Å². The van der Waals surface area contributed by atoms with E-state index in [-0.39, 0.29) is 10.8 Å². The predicted octanol–water partition coefficient (Wildman–Crippen LogP) is 14.3. The molecule has 1 aromatic heterocycles.